The normalized spacial score (nSPS) is 14.2. The van der Waals surface area contributed by atoms with Crippen LogP contribution in [-0.2, 0) is 4.79 Å². The lowest BCUT2D eigenvalue weighted by atomic mass is 10.1. The number of amides is 1. The molecule has 0 bridgehead atoms. The number of aromatic nitrogens is 2. The summed E-state index contributed by atoms with van der Waals surface area (Å²) in [6, 6.07) is 15.4. The number of carbonyl (C=O) groups excluding carboxylic acids is 1. The molecule has 37 heavy (non-hydrogen) atoms. The fraction of sp³-hybridized carbons (Fsp3) is 0.321. The Hall–Kier alpha value is -3.46. The van der Waals surface area contributed by atoms with Crippen LogP contribution in [0.1, 0.15) is 13.3 Å². The van der Waals surface area contributed by atoms with Crippen molar-refractivity contribution >= 4 is 40.5 Å². The molecule has 1 amide bonds. The second kappa shape index (κ2) is 13.2. The number of piperazine rings is 1. The van der Waals surface area contributed by atoms with Gasteiger partial charge in [0.2, 0.25) is 11.9 Å². The maximum atomic E-state index is 11.7. The third-order valence-corrected chi connectivity index (χ3v) is 6.62. The SMILES string of the molecule is C=CC(=O)Nc1cccc(-c2nc(Nc3cccc(NCCCN4CCN(CC)CC4)c3)ncc2Cl)c1. The second-order valence-corrected chi connectivity index (χ2v) is 9.33. The molecule has 0 saturated carbocycles. The third-order valence-electron chi connectivity index (χ3n) is 6.34. The summed E-state index contributed by atoms with van der Waals surface area (Å²) in [5, 5.41) is 9.97. The van der Waals surface area contributed by atoms with Crippen LogP contribution in [0.15, 0.2) is 67.4 Å². The van der Waals surface area contributed by atoms with E-state index in [1.165, 1.54) is 19.2 Å². The smallest absolute Gasteiger partial charge is 0.247 e. The first-order valence-corrected chi connectivity index (χ1v) is 13.0. The van der Waals surface area contributed by atoms with Gasteiger partial charge in [-0.05, 0) is 55.9 Å². The Morgan fingerprint density at radius 1 is 1.05 bits per heavy atom. The zero-order valence-electron chi connectivity index (χ0n) is 21.2. The molecule has 1 aliphatic rings. The molecular weight excluding hydrogens is 486 g/mol. The van der Waals surface area contributed by atoms with E-state index in [-0.39, 0.29) is 5.91 Å². The monoisotopic (exact) mass is 519 g/mol. The Balaban J connectivity index is 1.34. The number of hydrogen-bond donors (Lipinski definition) is 3. The van der Waals surface area contributed by atoms with Crippen molar-refractivity contribution in [1.82, 2.24) is 19.8 Å². The number of anilines is 4. The number of rotatable bonds is 11. The molecule has 0 atom stereocenters. The van der Waals surface area contributed by atoms with Crippen molar-refractivity contribution in [2.75, 3.05) is 61.8 Å². The Bertz CT molecular complexity index is 1210. The lowest BCUT2D eigenvalue weighted by Gasteiger charge is -2.34. The van der Waals surface area contributed by atoms with Gasteiger partial charge in [-0.1, -0.05) is 43.3 Å². The molecule has 2 aromatic carbocycles. The number of likely N-dealkylation sites (N-methyl/N-ethyl adjacent to an activating group) is 1. The summed E-state index contributed by atoms with van der Waals surface area (Å²) in [5.74, 6) is 0.153. The number of carbonyl (C=O) groups is 1. The van der Waals surface area contributed by atoms with Crippen LogP contribution in [0, 0.1) is 0 Å². The van der Waals surface area contributed by atoms with Gasteiger partial charge >= 0.3 is 0 Å². The quantitative estimate of drug-likeness (QED) is 0.240. The molecule has 194 valence electrons. The van der Waals surface area contributed by atoms with Crippen LogP contribution in [0.5, 0.6) is 0 Å². The maximum Gasteiger partial charge on any atom is 0.247 e. The van der Waals surface area contributed by atoms with E-state index in [0.717, 1.165) is 56.1 Å². The van der Waals surface area contributed by atoms with Crippen LogP contribution in [0.3, 0.4) is 0 Å². The first-order valence-electron chi connectivity index (χ1n) is 12.7. The summed E-state index contributed by atoms with van der Waals surface area (Å²) in [6.07, 6.45) is 3.90. The van der Waals surface area contributed by atoms with Gasteiger partial charge < -0.3 is 25.8 Å². The zero-order valence-corrected chi connectivity index (χ0v) is 22.0. The molecular formula is C28H34ClN7O. The Labute approximate surface area is 223 Å². The Morgan fingerprint density at radius 2 is 1.78 bits per heavy atom. The van der Waals surface area contributed by atoms with Crippen molar-refractivity contribution in [3.05, 3.63) is 72.4 Å². The molecule has 0 unspecified atom stereocenters. The lowest BCUT2D eigenvalue weighted by molar-refractivity contribution is -0.111. The predicted octanol–water partition coefficient (Wildman–Crippen LogP) is 5.10. The topological polar surface area (TPSA) is 85.4 Å². The van der Waals surface area contributed by atoms with Crippen molar-refractivity contribution < 1.29 is 4.79 Å². The largest absolute Gasteiger partial charge is 0.385 e. The number of nitrogens with one attached hydrogen (secondary N) is 3. The minimum absolute atomic E-state index is 0.281. The number of nitrogens with zero attached hydrogens (tertiary/aromatic N) is 4. The van der Waals surface area contributed by atoms with E-state index >= 15 is 0 Å². The highest BCUT2D eigenvalue weighted by atomic mass is 35.5. The Kier molecular flexibility index (Phi) is 9.48. The summed E-state index contributed by atoms with van der Waals surface area (Å²) in [4.78, 5) is 25.7. The van der Waals surface area contributed by atoms with Crippen molar-refractivity contribution in [1.29, 1.82) is 0 Å². The van der Waals surface area contributed by atoms with E-state index in [1.807, 2.05) is 36.4 Å². The van der Waals surface area contributed by atoms with Gasteiger partial charge in [0.25, 0.3) is 0 Å². The minimum Gasteiger partial charge on any atom is -0.385 e. The van der Waals surface area contributed by atoms with Gasteiger partial charge in [0.15, 0.2) is 0 Å². The zero-order chi connectivity index (χ0) is 26.0. The van der Waals surface area contributed by atoms with E-state index in [9.17, 15) is 4.79 Å². The van der Waals surface area contributed by atoms with Gasteiger partial charge in [-0.25, -0.2) is 9.97 Å². The molecule has 1 aliphatic heterocycles. The van der Waals surface area contributed by atoms with E-state index in [2.05, 4.69) is 55.3 Å². The van der Waals surface area contributed by atoms with Crippen LogP contribution < -0.4 is 16.0 Å². The molecule has 0 spiro atoms. The van der Waals surface area contributed by atoms with E-state index in [1.54, 1.807) is 12.3 Å². The maximum absolute atomic E-state index is 11.7. The minimum atomic E-state index is -0.281. The molecule has 8 nitrogen and oxygen atoms in total. The van der Waals surface area contributed by atoms with Gasteiger partial charge in [-0.2, -0.15) is 0 Å². The average molecular weight is 520 g/mol. The summed E-state index contributed by atoms with van der Waals surface area (Å²) >= 11 is 6.41. The van der Waals surface area contributed by atoms with E-state index in [4.69, 9.17) is 11.6 Å². The van der Waals surface area contributed by atoms with Gasteiger partial charge in [0.05, 0.1) is 16.9 Å². The molecule has 1 saturated heterocycles. The van der Waals surface area contributed by atoms with Crippen LogP contribution in [0.25, 0.3) is 11.3 Å². The third kappa shape index (κ3) is 7.76. The number of hydrogen-bond acceptors (Lipinski definition) is 7. The number of halogens is 1. The molecule has 0 radical (unpaired) electrons. The second-order valence-electron chi connectivity index (χ2n) is 8.93. The first-order chi connectivity index (χ1) is 18.0. The highest BCUT2D eigenvalue weighted by Crippen LogP contribution is 2.29. The van der Waals surface area contributed by atoms with Crippen molar-refractivity contribution in [3.63, 3.8) is 0 Å². The van der Waals surface area contributed by atoms with Crippen molar-refractivity contribution in [3.8, 4) is 11.3 Å². The Morgan fingerprint density at radius 3 is 2.57 bits per heavy atom. The van der Waals surface area contributed by atoms with Gasteiger partial charge in [0.1, 0.15) is 0 Å². The van der Waals surface area contributed by atoms with Crippen LogP contribution in [0.4, 0.5) is 23.0 Å². The van der Waals surface area contributed by atoms with Gasteiger partial charge in [-0.15, -0.1) is 0 Å². The number of benzene rings is 2. The highest BCUT2D eigenvalue weighted by Gasteiger charge is 2.14. The standard InChI is InChI=1S/C28H34ClN7O/c1-3-26(37)32-23-10-5-8-21(18-23)27-25(29)20-31-28(34-27)33-24-11-6-9-22(19-24)30-12-7-13-36-16-14-35(4-2)15-17-36/h3,5-6,8-11,18-20,30H,1,4,7,12-17H2,2H3,(H,32,37)(H,31,33,34). The fourth-order valence-corrected chi connectivity index (χ4v) is 4.47. The van der Waals surface area contributed by atoms with Crippen LogP contribution in [-0.4, -0.2) is 71.5 Å². The van der Waals surface area contributed by atoms with Crippen molar-refractivity contribution in [2.45, 2.75) is 13.3 Å². The van der Waals surface area contributed by atoms with Crippen LogP contribution in [0.2, 0.25) is 5.02 Å². The molecule has 0 aliphatic carbocycles. The predicted molar refractivity (Wildman–Crippen MR) is 153 cm³/mol. The molecule has 3 aromatic rings. The highest BCUT2D eigenvalue weighted by molar-refractivity contribution is 6.33. The van der Waals surface area contributed by atoms with E-state index in [0.29, 0.717) is 22.4 Å². The summed E-state index contributed by atoms with van der Waals surface area (Å²) in [6.45, 7) is 13.5. The van der Waals surface area contributed by atoms with Crippen molar-refractivity contribution in [2.24, 2.45) is 0 Å². The molecule has 2 heterocycles. The molecule has 3 N–H and O–H groups in total. The van der Waals surface area contributed by atoms with Gasteiger partial charge in [0, 0.05) is 55.3 Å². The fourth-order valence-electron chi connectivity index (χ4n) is 4.27. The lowest BCUT2D eigenvalue weighted by Crippen LogP contribution is -2.46. The molecule has 1 fully saturated rings. The molecule has 4 rings (SSSR count). The van der Waals surface area contributed by atoms with E-state index < -0.39 is 0 Å². The van der Waals surface area contributed by atoms with Gasteiger partial charge in [-0.3, -0.25) is 4.79 Å². The van der Waals surface area contributed by atoms with Crippen LogP contribution >= 0.6 is 11.6 Å². The molecule has 1 aromatic heterocycles. The summed E-state index contributed by atoms with van der Waals surface area (Å²) in [7, 11) is 0. The molecule has 9 heteroatoms. The first kappa shape index (κ1) is 26.6. The average Bonchev–Trinajstić information content (AvgIpc) is 2.93. The summed E-state index contributed by atoms with van der Waals surface area (Å²) < 4.78 is 0. The summed E-state index contributed by atoms with van der Waals surface area (Å²) in [5.41, 5.74) is 3.89.